The van der Waals surface area contributed by atoms with Gasteiger partial charge in [0.2, 0.25) is 0 Å². The summed E-state index contributed by atoms with van der Waals surface area (Å²) in [7, 11) is 0. The number of nitrogens with zero attached hydrogens (tertiary/aromatic N) is 2. The molecule has 33 heavy (non-hydrogen) atoms. The molecule has 3 aliphatic heterocycles. The number of fused-ring (bicyclic) bond motifs is 3. The van der Waals surface area contributed by atoms with Gasteiger partial charge in [0.05, 0.1) is 26.2 Å². The highest BCUT2D eigenvalue weighted by molar-refractivity contribution is 5.87. The summed E-state index contributed by atoms with van der Waals surface area (Å²) >= 11 is 0. The molecule has 0 aliphatic carbocycles. The fourth-order valence-electron chi connectivity index (χ4n) is 5.42. The second kappa shape index (κ2) is 11.6. The molecule has 0 radical (unpaired) electrons. The van der Waals surface area contributed by atoms with Gasteiger partial charge in [0.25, 0.3) is 0 Å². The van der Waals surface area contributed by atoms with Gasteiger partial charge >= 0.3 is 6.09 Å². The Morgan fingerprint density at radius 1 is 0.970 bits per heavy atom. The highest BCUT2D eigenvalue weighted by Gasteiger charge is 2.47. The van der Waals surface area contributed by atoms with E-state index in [9.17, 15) is 4.79 Å². The number of hydrogen-bond donors (Lipinski definition) is 0. The third kappa shape index (κ3) is 6.29. The van der Waals surface area contributed by atoms with Crippen LogP contribution in [-0.4, -0.2) is 56.0 Å². The average Bonchev–Trinajstić information content (AvgIpc) is 2.86. The summed E-state index contributed by atoms with van der Waals surface area (Å²) in [4.78, 5) is 15.1. The molecular formula is C28H39N2O3+. The molecule has 3 saturated heterocycles. The van der Waals surface area contributed by atoms with Crippen LogP contribution in [0.5, 0.6) is 5.75 Å². The molecule has 2 aromatic carbocycles. The highest BCUT2D eigenvalue weighted by Crippen LogP contribution is 2.36. The SMILES string of the molecule is CCCCCN(C(=O)O[C@H]1C[N+]2(CCCOc3ccccc3)CCC1CC2)c1ccccc1. The molecule has 1 atom stereocenters. The normalized spacial score (nSPS) is 23.8. The van der Waals surface area contributed by atoms with Gasteiger partial charge in [-0.15, -0.1) is 0 Å². The average molecular weight is 452 g/mol. The predicted octanol–water partition coefficient (Wildman–Crippen LogP) is 5.90. The van der Waals surface area contributed by atoms with E-state index in [2.05, 4.69) is 6.92 Å². The number of quaternary nitrogens is 1. The lowest BCUT2D eigenvalue weighted by molar-refractivity contribution is -0.946. The van der Waals surface area contributed by atoms with Crippen LogP contribution in [0.3, 0.4) is 0 Å². The van der Waals surface area contributed by atoms with Crippen molar-refractivity contribution in [2.45, 2.75) is 51.6 Å². The van der Waals surface area contributed by atoms with Gasteiger partial charge in [0, 0.05) is 37.4 Å². The molecule has 3 aliphatic rings. The van der Waals surface area contributed by atoms with Gasteiger partial charge in [-0.25, -0.2) is 4.79 Å². The van der Waals surface area contributed by atoms with Crippen LogP contribution in [0, 0.1) is 5.92 Å². The number of ether oxygens (including phenoxy) is 2. The van der Waals surface area contributed by atoms with Crippen molar-refractivity contribution in [3.8, 4) is 5.75 Å². The first-order valence-electron chi connectivity index (χ1n) is 12.8. The van der Waals surface area contributed by atoms with E-state index in [0.29, 0.717) is 12.5 Å². The lowest BCUT2D eigenvalue weighted by atomic mass is 9.83. The van der Waals surface area contributed by atoms with Gasteiger partial charge in [-0.2, -0.15) is 0 Å². The van der Waals surface area contributed by atoms with Crippen LogP contribution < -0.4 is 9.64 Å². The van der Waals surface area contributed by atoms with Crippen LogP contribution in [0.25, 0.3) is 0 Å². The standard InChI is InChI=1S/C28H39N2O3/c1-2-3-10-18-29(25-12-6-4-7-13-25)28(31)33-27-23-30(20-16-24(27)17-21-30)19-11-22-32-26-14-8-5-9-15-26/h4-9,12-15,24,27H,2-3,10-11,16-23H2,1H3/q+1/t24?,27-,30?/m0/s1. The summed E-state index contributed by atoms with van der Waals surface area (Å²) < 4.78 is 13.2. The lowest BCUT2D eigenvalue weighted by Crippen LogP contribution is -2.65. The topological polar surface area (TPSA) is 38.8 Å². The maximum absolute atomic E-state index is 13.3. The van der Waals surface area contributed by atoms with Crippen molar-refractivity contribution < 1.29 is 18.8 Å². The molecule has 5 nitrogen and oxygen atoms in total. The largest absolute Gasteiger partial charge is 0.493 e. The Balaban J connectivity index is 1.33. The minimum absolute atomic E-state index is 0.0208. The number of hydrogen-bond acceptors (Lipinski definition) is 3. The second-order valence-electron chi connectivity index (χ2n) is 9.66. The molecule has 0 unspecified atom stereocenters. The number of anilines is 1. The van der Waals surface area contributed by atoms with Crippen molar-refractivity contribution in [3.05, 3.63) is 60.7 Å². The summed E-state index contributed by atoms with van der Waals surface area (Å²) in [6.07, 6.45) is 6.42. The summed E-state index contributed by atoms with van der Waals surface area (Å²) in [5.41, 5.74) is 0.932. The number of amides is 1. The van der Waals surface area contributed by atoms with E-state index in [1.807, 2.05) is 65.6 Å². The van der Waals surface area contributed by atoms with Gasteiger partial charge in [0.1, 0.15) is 12.3 Å². The summed E-state index contributed by atoms with van der Waals surface area (Å²) in [6, 6.07) is 20.0. The fraction of sp³-hybridized carbons (Fsp3) is 0.536. The number of rotatable bonds is 11. The molecule has 0 spiro atoms. The van der Waals surface area contributed by atoms with Gasteiger partial charge < -0.3 is 14.0 Å². The van der Waals surface area contributed by atoms with Crippen LogP contribution in [0.4, 0.5) is 10.5 Å². The molecule has 3 heterocycles. The van der Waals surface area contributed by atoms with Gasteiger partial charge in [-0.05, 0) is 30.7 Å². The van der Waals surface area contributed by atoms with Crippen LogP contribution in [-0.2, 0) is 4.74 Å². The number of benzene rings is 2. The van der Waals surface area contributed by atoms with Crippen molar-refractivity contribution in [2.75, 3.05) is 44.2 Å². The summed E-state index contributed by atoms with van der Waals surface area (Å²) in [6.45, 7) is 8.06. The molecule has 178 valence electrons. The third-order valence-electron chi connectivity index (χ3n) is 7.36. The minimum Gasteiger partial charge on any atom is -0.493 e. The molecule has 5 rings (SSSR count). The number of carbonyl (C=O) groups is 1. The molecule has 0 saturated carbocycles. The highest BCUT2D eigenvalue weighted by atomic mass is 16.6. The summed E-state index contributed by atoms with van der Waals surface area (Å²) in [5.74, 6) is 1.44. The Morgan fingerprint density at radius 2 is 1.67 bits per heavy atom. The third-order valence-corrected chi connectivity index (χ3v) is 7.36. The molecule has 0 aromatic heterocycles. The van der Waals surface area contributed by atoms with E-state index in [1.54, 1.807) is 0 Å². The van der Waals surface area contributed by atoms with E-state index in [-0.39, 0.29) is 12.2 Å². The van der Waals surface area contributed by atoms with E-state index in [0.717, 1.165) is 74.1 Å². The first-order valence-corrected chi connectivity index (χ1v) is 12.8. The Labute approximate surface area is 198 Å². The molecular weight excluding hydrogens is 412 g/mol. The first kappa shape index (κ1) is 23.6. The monoisotopic (exact) mass is 451 g/mol. The van der Waals surface area contributed by atoms with Crippen molar-refractivity contribution in [2.24, 2.45) is 5.92 Å². The first-order chi connectivity index (χ1) is 16.2. The van der Waals surface area contributed by atoms with Gasteiger partial charge in [0.15, 0.2) is 6.10 Å². The van der Waals surface area contributed by atoms with E-state index < -0.39 is 0 Å². The number of carbonyl (C=O) groups excluding carboxylic acids is 1. The zero-order valence-electron chi connectivity index (χ0n) is 20.0. The van der Waals surface area contributed by atoms with E-state index >= 15 is 0 Å². The van der Waals surface area contributed by atoms with Crippen LogP contribution in [0.1, 0.15) is 45.4 Å². The van der Waals surface area contributed by atoms with Crippen LogP contribution >= 0.6 is 0 Å². The molecule has 3 fully saturated rings. The number of piperidine rings is 3. The molecule has 1 amide bonds. The van der Waals surface area contributed by atoms with E-state index in [4.69, 9.17) is 9.47 Å². The zero-order valence-corrected chi connectivity index (χ0v) is 20.0. The maximum Gasteiger partial charge on any atom is 0.414 e. The van der Waals surface area contributed by atoms with Crippen molar-refractivity contribution >= 4 is 11.8 Å². The quantitative estimate of drug-likeness (QED) is 0.315. The zero-order chi connectivity index (χ0) is 22.9. The molecule has 0 N–H and O–H groups in total. The Morgan fingerprint density at radius 3 is 2.36 bits per heavy atom. The molecule has 2 bridgehead atoms. The maximum atomic E-state index is 13.3. The van der Waals surface area contributed by atoms with Crippen molar-refractivity contribution in [3.63, 3.8) is 0 Å². The Kier molecular flexibility index (Phi) is 8.27. The van der Waals surface area contributed by atoms with Crippen LogP contribution in [0.15, 0.2) is 60.7 Å². The Bertz CT molecular complexity index is 850. The second-order valence-corrected chi connectivity index (χ2v) is 9.66. The predicted molar refractivity (Wildman–Crippen MR) is 133 cm³/mol. The lowest BCUT2D eigenvalue weighted by Gasteiger charge is -2.52. The van der Waals surface area contributed by atoms with Gasteiger partial charge in [-0.3, -0.25) is 4.90 Å². The van der Waals surface area contributed by atoms with Crippen LogP contribution in [0.2, 0.25) is 0 Å². The number of unbranched alkanes of at least 4 members (excludes halogenated alkanes) is 2. The van der Waals surface area contributed by atoms with Gasteiger partial charge in [-0.1, -0.05) is 56.2 Å². The van der Waals surface area contributed by atoms with E-state index in [1.165, 1.54) is 13.1 Å². The minimum atomic E-state index is -0.179. The Hall–Kier alpha value is -2.53. The van der Waals surface area contributed by atoms with Crippen molar-refractivity contribution in [1.82, 2.24) is 0 Å². The number of para-hydroxylation sites is 2. The molecule has 2 aromatic rings. The summed E-state index contributed by atoms with van der Waals surface area (Å²) in [5, 5.41) is 0. The van der Waals surface area contributed by atoms with Crippen molar-refractivity contribution in [1.29, 1.82) is 0 Å². The molecule has 5 heteroatoms. The smallest absolute Gasteiger partial charge is 0.414 e. The fourth-order valence-corrected chi connectivity index (χ4v) is 5.42.